The molecule has 0 aliphatic carbocycles. The summed E-state index contributed by atoms with van der Waals surface area (Å²) in [6, 6.07) is 33.9. The Kier molecular flexibility index (Phi) is 16.5. The van der Waals surface area contributed by atoms with Gasteiger partial charge in [0.25, 0.3) is 0 Å². The molecule has 6 atom stereocenters. The van der Waals surface area contributed by atoms with Gasteiger partial charge >= 0.3 is 11.9 Å². The van der Waals surface area contributed by atoms with Crippen molar-refractivity contribution in [3.05, 3.63) is 144 Å². The summed E-state index contributed by atoms with van der Waals surface area (Å²) < 4.78 is 4.94. The van der Waals surface area contributed by atoms with Gasteiger partial charge in [0.2, 0.25) is 23.6 Å². The molecule has 4 aromatic rings. The van der Waals surface area contributed by atoms with E-state index >= 15 is 0 Å². The molecule has 5 N–H and O–H groups in total. The number of aliphatic hydroxyl groups is 2. The minimum absolute atomic E-state index is 0.0884. The molecule has 6 rings (SSSR count). The van der Waals surface area contributed by atoms with Crippen LogP contribution in [0.15, 0.2) is 121 Å². The number of hydrogen-bond donors (Lipinski definition) is 5. The Morgan fingerprint density at radius 3 is 1.30 bits per heavy atom. The highest BCUT2D eigenvalue weighted by Gasteiger charge is 2.40. The number of esters is 1. The summed E-state index contributed by atoms with van der Waals surface area (Å²) in [5, 5.41) is 35.3. The Labute approximate surface area is 349 Å². The van der Waals surface area contributed by atoms with Crippen LogP contribution >= 0.6 is 0 Å². The lowest BCUT2D eigenvalue weighted by atomic mass is 10.0. The minimum Gasteiger partial charge on any atom is -0.479 e. The number of aliphatic carboxylic acids is 1. The molecular weight excluding hydrogens is 769 g/mol. The Morgan fingerprint density at radius 2 is 0.950 bits per heavy atom. The first-order valence-corrected chi connectivity index (χ1v) is 20.1. The zero-order valence-electron chi connectivity index (χ0n) is 33.5. The van der Waals surface area contributed by atoms with Crippen molar-refractivity contribution in [2.24, 2.45) is 0 Å². The maximum Gasteiger partial charge on any atom is 0.337 e. The molecule has 0 aromatic heterocycles. The van der Waals surface area contributed by atoms with Crippen LogP contribution in [0.4, 0.5) is 0 Å². The number of amides is 4. The van der Waals surface area contributed by atoms with E-state index in [1.807, 2.05) is 97.1 Å². The molecule has 2 fully saturated rings. The van der Waals surface area contributed by atoms with Crippen LogP contribution in [0.3, 0.4) is 0 Å². The summed E-state index contributed by atoms with van der Waals surface area (Å²) in [6.45, 7) is 2.43. The lowest BCUT2D eigenvalue weighted by molar-refractivity contribution is -0.155. The zero-order chi connectivity index (χ0) is 43.0. The number of benzene rings is 4. The number of nitrogens with zero attached hydrogens (tertiary/aromatic N) is 2. The maximum atomic E-state index is 13.1. The van der Waals surface area contributed by atoms with Crippen LogP contribution in [-0.4, -0.2) is 104 Å². The molecule has 60 heavy (non-hydrogen) atoms. The molecule has 2 aliphatic rings. The molecule has 0 spiro atoms. The fourth-order valence-corrected chi connectivity index (χ4v) is 7.31. The van der Waals surface area contributed by atoms with E-state index in [0.29, 0.717) is 25.9 Å². The van der Waals surface area contributed by atoms with Gasteiger partial charge in [-0.2, -0.15) is 0 Å². The number of aliphatic hydroxyl groups excluding tert-OH is 2. The average molecular weight is 821 g/mol. The van der Waals surface area contributed by atoms with Crippen LogP contribution in [0.1, 0.15) is 54.9 Å². The van der Waals surface area contributed by atoms with Crippen molar-refractivity contribution >= 4 is 35.6 Å². The topological polar surface area (TPSA) is 203 Å². The smallest absolute Gasteiger partial charge is 0.337 e. The lowest BCUT2D eigenvalue weighted by Gasteiger charge is -2.28. The first-order valence-electron chi connectivity index (χ1n) is 20.1. The zero-order valence-corrected chi connectivity index (χ0v) is 33.5. The third kappa shape index (κ3) is 12.6. The van der Waals surface area contributed by atoms with Gasteiger partial charge in [-0.15, -0.1) is 0 Å². The van der Waals surface area contributed by atoms with E-state index in [-0.39, 0.29) is 50.0 Å². The Bertz CT molecular complexity index is 2040. The fraction of sp³-hybridized carbons (Fsp3) is 0.348. The van der Waals surface area contributed by atoms with Crippen molar-refractivity contribution in [2.45, 2.75) is 94.9 Å². The normalized spacial score (nSPS) is 18.1. The van der Waals surface area contributed by atoms with Gasteiger partial charge in [0.1, 0.15) is 12.1 Å². The van der Waals surface area contributed by atoms with Gasteiger partial charge in [0.05, 0.1) is 18.7 Å². The monoisotopic (exact) mass is 820 g/mol. The van der Waals surface area contributed by atoms with Crippen LogP contribution in [-0.2, 0) is 59.4 Å². The van der Waals surface area contributed by atoms with Crippen molar-refractivity contribution in [3.63, 3.8) is 0 Å². The molecule has 14 nitrogen and oxygen atoms in total. The summed E-state index contributed by atoms with van der Waals surface area (Å²) in [7, 11) is 0. The summed E-state index contributed by atoms with van der Waals surface area (Å²) in [5.41, 5.74) is 3.50. The van der Waals surface area contributed by atoms with Gasteiger partial charge < -0.3 is 40.5 Å². The molecule has 4 amide bonds. The standard InChI is InChI=1S/C24H28N2O5.C22H24N2O5/c1-2-31-24(30)22(28)19(15-17-9-5-3-6-10-17)25-23(29)20-13-14-21(27)26(20)16-18-11-7-4-8-12-18;25-19-12-11-18(24(19)14-16-9-5-2-6-10-16)21(27)23-17(20(26)22(28)29)13-15-7-3-1-4-8-15/h3-12,19-20,22,28H,2,13-16H2,1H3,(H,25,29);1-10,17-18,20,26H,11-14H2,(H,23,27)(H,28,29)/t19?,20-,22?;17?,18-,20?/m11/s1. The van der Waals surface area contributed by atoms with E-state index in [1.165, 1.54) is 4.90 Å². The Hall–Kier alpha value is -6.38. The van der Waals surface area contributed by atoms with E-state index in [9.17, 15) is 44.1 Å². The van der Waals surface area contributed by atoms with E-state index in [0.717, 1.165) is 22.3 Å². The number of carbonyl (C=O) groups excluding carboxylic acids is 5. The summed E-state index contributed by atoms with van der Waals surface area (Å²) >= 11 is 0. The molecule has 0 bridgehead atoms. The predicted molar refractivity (Wildman–Crippen MR) is 220 cm³/mol. The summed E-state index contributed by atoms with van der Waals surface area (Å²) in [4.78, 5) is 77.3. The molecule has 14 heteroatoms. The van der Waals surface area contributed by atoms with Gasteiger partial charge in [-0.1, -0.05) is 121 Å². The van der Waals surface area contributed by atoms with E-state index in [2.05, 4.69) is 10.6 Å². The van der Waals surface area contributed by atoms with Gasteiger partial charge in [0.15, 0.2) is 12.2 Å². The van der Waals surface area contributed by atoms with Gasteiger partial charge in [-0.25, -0.2) is 9.59 Å². The second-order valence-corrected chi connectivity index (χ2v) is 14.7. The number of hydrogen-bond acceptors (Lipinski definition) is 9. The fourth-order valence-electron chi connectivity index (χ4n) is 7.31. The third-order valence-electron chi connectivity index (χ3n) is 10.4. The second kappa shape index (κ2) is 22.1. The number of nitrogens with one attached hydrogen (secondary N) is 2. The largest absolute Gasteiger partial charge is 0.479 e. The Morgan fingerprint density at radius 1 is 0.600 bits per heavy atom. The van der Waals surface area contributed by atoms with E-state index in [1.54, 1.807) is 36.1 Å². The van der Waals surface area contributed by atoms with Crippen LogP contribution in [0.5, 0.6) is 0 Å². The number of carbonyl (C=O) groups is 6. The summed E-state index contributed by atoms with van der Waals surface area (Å²) in [6.07, 6.45) is -1.54. The average Bonchev–Trinajstić information content (AvgIpc) is 3.81. The SMILES string of the molecule is CCOC(=O)C(O)C(Cc1ccccc1)NC(=O)[C@H]1CCC(=O)N1Cc1ccccc1.O=C(O)C(O)C(Cc1ccccc1)NC(=O)[C@H]1CCC(=O)N1Cc1ccccc1. The van der Waals surface area contributed by atoms with E-state index in [4.69, 9.17) is 4.74 Å². The molecule has 4 unspecified atom stereocenters. The van der Waals surface area contributed by atoms with Gasteiger partial charge in [0, 0.05) is 25.9 Å². The maximum absolute atomic E-state index is 13.1. The highest BCUT2D eigenvalue weighted by atomic mass is 16.5. The van der Waals surface area contributed by atoms with Crippen LogP contribution in [0.25, 0.3) is 0 Å². The van der Waals surface area contributed by atoms with Crippen molar-refractivity contribution < 1.29 is 48.8 Å². The lowest BCUT2D eigenvalue weighted by Crippen LogP contribution is -2.53. The quantitative estimate of drug-likeness (QED) is 0.0986. The molecule has 2 heterocycles. The first-order chi connectivity index (χ1) is 28.9. The highest BCUT2D eigenvalue weighted by molar-refractivity contribution is 5.92. The molecule has 2 aliphatic heterocycles. The van der Waals surface area contributed by atoms with Crippen molar-refractivity contribution in [3.8, 4) is 0 Å². The molecular formula is C46H52N4O10. The highest BCUT2D eigenvalue weighted by Crippen LogP contribution is 2.24. The minimum atomic E-state index is -1.75. The third-order valence-corrected chi connectivity index (χ3v) is 10.4. The molecule has 0 saturated carbocycles. The second-order valence-electron chi connectivity index (χ2n) is 14.7. The van der Waals surface area contributed by atoms with Crippen LogP contribution in [0, 0.1) is 0 Å². The molecule has 4 aromatic carbocycles. The van der Waals surface area contributed by atoms with Crippen molar-refractivity contribution in [1.29, 1.82) is 0 Å². The molecule has 316 valence electrons. The Balaban J connectivity index is 0.000000228. The van der Waals surface area contributed by atoms with Gasteiger partial charge in [-0.3, -0.25) is 19.2 Å². The molecule has 0 radical (unpaired) electrons. The number of carboxylic acids is 1. The first kappa shape index (κ1) is 44.7. The van der Waals surface area contributed by atoms with Crippen molar-refractivity contribution in [2.75, 3.05) is 6.61 Å². The predicted octanol–water partition coefficient (Wildman–Crippen LogP) is 3.18. The number of carboxylic acid groups (broad SMARTS) is 1. The van der Waals surface area contributed by atoms with Gasteiger partial charge in [-0.05, 0) is 54.9 Å². The van der Waals surface area contributed by atoms with Crippen LogP contribution < -0.4 is 10.6 Å². The van der Waals surface area contributed by atoms with Crippen molar-refractivity contribution in [1.82, 2.24) is 20.4 Å². The van der Waals surface area contributed by atoms with Crippen LogP contribution in [0.2, 0.25) is 0 Å². The summed E-state index contributed by atoms with van der Waals surface area (Å²) in [5.74, 6) is -3.23. The van der Waals surface area contributed by atoms with E-state index < -0.39 is 54.2 Å². The number of ether oxygens (including phenoxy) is 1. The number of rotatable bonds is 17. The number of likely N-dealkylation sites (tertiary alicyclic amines) is 2. The molecule has 2 saturated heterocycles.